The van der Waals surface area contributed by atoms with Crippen LogP contribution in [0.5, 0.6) is 17.2 Å². The number of ether oxygens (including phenoxy) is 2. The summed E-state index contributed by atoms with van der Waals surface area (Å²) < 4.78 is 41.4. The van der Waals surface area contributed by atoms with Crippen LogP contribution >= 0.6 is 11.8 Å². The summed E-state index contributed by atoms with van der Waals surface area (Å²) in [4.78, 5) is 27.2. The summed E-state index contributed by atoms with van der Waals surface area (Å²) in [5.74, 6) is 0.428. The molecule has 0 bridgehead atoms. The molecule has 0 atom stereocenters. The van der Waals surface area contributed by atoms with Gasteiger partial charge in [0.1, 0.15) is 10.6 Å². The maximum Gasteiger partial charge on any atom is 0.339 e. The van der Waals surface area contributed by atoms with Crippen molar-refractivity contribution in [2.24, 2.45) is 4.99 Å². The van der Waals surface area contributed by atoms with Crippen LogP contribution in [-0.4, -0.2) is 38.1 Å². The Bertz CT molecular complexity index is 1530. The first kappa shape index (κ1) is 26.7. The SMILES string of the molecule is CCOc1cc(/C=C2\SC(=Nc3ccc(OC)cc3)NC2=O)ccc1OS(=O)(=O)c1ccc([N+](=O)[O-])cc1. The number of nitrogens with one attached hydrogen (secondary N) is 1. The number of amidine groups is 1. The van der Waals surface area contributed by atoms with Gasteiger partial charge in [0.2, 0.25) is 0 Å². The molecular weight excluding hydrogens is 534 g/mol. The van der Waals surface area contributed by atoms with Crippen LogP contribution < -0.4 is 19.0 Å². The van der Waals surface area contributed by atoms with Gasteiger partial charge in [-0.2, -0.15) is 8.42 Å². The lowest BCUT2D eigenvalue weighted by atomic mass is 10.2. The van der Waals surface area contributed by atoms with Crippen molar-refractivity contribution >= 4 is 50.4 Å². The summed E-state index contributed by atoms with van der Waals surface area (Å²) in [6, 6.07) is 15.9. The average molecular weight is 556 g/mol. The van der Waals surface area contributed by atoms with Crippen LogP contribution in [0.25, 0.3) is 6.08 Å². The number of hydrogen-bond donors (Lipinski definition) is 1. The van der Waals surface area contributed by atoms with Crippen molar-refractivity contribution in [2.75, 3.05) is 13.7 Å². The van der Waals surface area contributed by atoms with Gasteiger partial charge in [0.05, 0.1) is 29.2 Å². The maximum atomic E-state index is 12.7. The van der Waals surface area contributed by atoms with Gasteiger partial charge in [0.15, 0.2) is 16.7 Å². The number of nitro benzene ring substituents is 1. The average Bonchev–Trinajstić information content (AvgIpc) is 3.24. The minimum atomic E-state index is -4.29. The van der Waals surface area contributed by atoms with E-state index in [-0.39, 0.29) is 34.6 Å². The van der Waals surface area contributed by atoms with Gasteiger partial charge in [-0.3, -0.25) is 14.9 Å². The number of nitro groups is 1. The normalized spacial score (nSPS) is 15.4. The molecule has 38 heavy (non-hydrogen) atoms. The Labute approximate surface area is 222 Å². The first-order valence-corrected chi connectivity index (χ1v) is 13.3. The number of nitrogens with zero attached hydrogens (tertiary/aromatic N) is 2. The number of amides is 1. The molecule has 3 aromatic rings. The van der Waals surface area contributed by atoms with Crippen LogP contribution in [0.1, 0.15) is 12.5 Å². The number of non-ortho nitro benzene ring substituents is 1. The van der Waals surface area contributed by atoms with Gasteiger partial charge in [-0.15, -0.1) is 0 Å². The van der Waals surface area contributed by atoms with E-state index in [0.29, 0.717) is 27.1 Å². The quantitative estimate of drug-likeness (QED) is 0.172. The number of hydrogen-bond acceptors (Lipinski definition) is 10. The van der Waals surface area contributed by atoms with Crippen molar-refractivity contribution < 1.29 is 31.8 Å². The monoisotopic (exact) mass is 555 g/mol. The van der Waals surface area contributed by atoms with Crippen molar-refractivity contribution in [3.05, 3.63) is 87.3 Å². The van der Waals surface area contributed by atoms with E-state index < -0.39 is 15.0 Å². The van der Waals surface area contributed by atoms with Crippen LogP contribution in [0.2, 0.25) is 0 Å². The maximum absolute atomic E-state index is 12.7. The lowest BCUT2D eigenvalue weighted by Gasteiger charge is -2.12. The highest BCUT2D eigenvalue weighted by molar-refractivity contribution is 8.18. The van der Waals surface area contributed by atoms with E-state index in [2.05, 4.69) is 10.3 Å². The molecule has 0 aromatic heterocycles. The van der Waals surface area contributed by atoms with Gasteiger partial charge in [0.25, 0.3) is 11.6 Å². The second kappa shape index (κ2) is 11.4. The number of carbonyl (C=O) groups excluding carboxylic acids is 1. The molecule has 3 aromatic carbocycles. The third-order valence-corrected chi connectivity index (χ3v) is 7.21. The van der Waals surface area contributed by atoms with Crippen LogP contribution in [0.4, 0.5) is 11.4 Å². The molecule has 0 saturated carbocycles. The topological polar surface area (TPSA) is 146 Å². The van der Waals surface area contributed by atoms with E-state index in [1.54, 1.807) is 56.5 Å². The zero-order valence-corrected chi connectivity index (χ0v) is 21.7. The van der Waals surface area contributed by atoms with Gasteiger partial charge in [-0.05, 0) is 78.9 Å². The number of aliphatic imine (C=N–C) groups is 1. The smallest absolute Gasteiger partial charge is 0.339 e. The fourth-order valence-electron chi connectivity index (χ4n) is 3.26. The molecule has 0 unspecified atom stereocenters. The Kier molecular flexibility index (Phi) is 7.98. The molecule has 1 amide bonds. The van der Waals surface area contributed by atoms with E-state index in [9.17, 15) is 23.3 Å². The minimum Gasteiger partial charge on any atom is -0.497 e. The highest BCUT2D eigenvalue weighted by Crippen LogP contribution is 2.34. The number of methoxy groups -OCH3 is 1. The molecule has 1 N–H and O–H groups in total. The van der Waals surface area contributed by atoms with E-state index in [4.69, 9.17) is 13.7 Å². The van der Waals surface area contributed by atoms with Crippen molar-refractivity contribution in [1.82, 2.24) is 5.32 Å². The first-order valence-electron chi connectivity index (χ1n) is 11.1. The van der Waals surface area contributed by atoms with Gasteiger partial charge in [-0.25, -0.2) is 4.99 Å². The molecule has 1 aliphatic heterocycles. The Morgan fingerprint density at radius 3 is 2.39 bits per heavy atom. The second-order valence-corrected chi connectivity index (χ2v) is 10.2. The van der Waals surface area contributed by atoms with Gasteiger partial charge in [-0.1, -0.05) is 6.07 Å². The van der Waals surface area contributed by atoms with Gasteiger partial charge in [0, 0.05) is 12.1 Å². The fourth-order valence-corrected chi connectivity index (χ4v) is 5.04. The van der Waals surface area contributed by atoms with Crippen LogP contribution in [-0.2, 0) is 14.9 Å². The third kappa shape index (κ3) is 6.30. The van der Waals surface area contributed by atoms with Gasteiger partial charge >= 0.3 is 10.1 Å². The highest BCUT2D eigenvalue weighted by Gasteiger charge is 2.25. The molecule has 0 radical (unpaired) electrons. The van der Waals surface area contributed by atoms with E-state index in [1.807, 2.05) is 0 Å². The summed E-state index contributed by atoms with van der Waals surface area (Å²) in [6.07, 6.45) is 1.62. The molecule has 1 fully saturated rings. The molecule has 4 rings (SSSR count). The zero-order chi connectivity index (χ0) is 27.3. The van der Waals surface area contributed by atoms with Crippen molar-refractivity contribution in [2.45, 2.75) is 11.8 Å². The third-order valence-electron chi connectivity index (χ3n) is 5.06. The number of thioether (sulfide) groups is 1. The fraction of sp³-hybridized carbons (Fsp3) is 0.120. The number of benzene rings is 3. The molecule has 13 heteroatoms. The van der Waals surface area contributed by atoms with Crippen LogP contribution in [0.15, 0.2) is 81.5 Å². The Morgan fingerprint density at radius 2 is 1.76 bits per heavy atom. The summed E-state index contributed by atoms with van der Waals surface area (Å²) in [5.41, 5.74) is 0.962. The highest BCUT2D eigenvalue weighted by atomic mass is 32.2. The molecular formula is C25H21N3O8S2. The standard InChI is InChI=1S/C25H21N3O8S2/c1-3-35-22-14-16(4-13-21(22)36-38(32,33)20-11-7-18(8-12-20)28(30)31)15-23-24(29)27-25(37-23)26-17-5-9-19(34-2)10-6-17/h4-15H,3H2,1-2H3,(H,26,27,29)/b23-15-. The molecule has 11 nitrogen and oxygen atoms in total. The van der Waals surface area contributed by atoms with E-state index in [1.165, 1.54) is 6.07 Å². The number of rotatable bonds is 9. The van der Waals surface area contributed by atoms with Crippen LogP contribution in [0.3, 0.4) is 0 Å². The second-order valence-electron chi connectivity index (χ2n) is 7.61. The lowest BCUT2D eigenvalue weighted by molar-refractivity contribution is -0.384. The van der Waals surface area contributed by atoms with Gasteiger partial charge < -0.3 is 19.0 Å². The van der Waals surface area contributed by atoms with Crippen LogP contribution in [0, 0.1) is 10.1 Å². The summed E-state index contributed by atoms with van der Waals surface area (Å²) in [6.45, 7) is 1.95. The Balaban J connectivity index is 1.55. The van der Waals surface area contributed by atoms with Crippen molar-refractivity contribution in [1.29, 1.82) is 0 Å². The largest absolute Gasteiger partial charge is 0.497 e. The molecule has 0 spiro atoms. The number of carbonyl (C=O) groups is 1. The molecule has 1 aliphatic rings. The minimum absolute atomic E-state index is 0.0716. The summed E-state index contributed by atoms with van der Waals surface area (Å²) in [7, 11) is -2.72. The van der Waals surface area contributed by atoms with Crippen molar-refractivity contribution in [3.63, 3.8) is 0 Å². The Morgan fingerprint density at radius 1 is 1.05 bits per heavy atom. The zero-order valence-electron chi connectivity index (χ0n) is 20.1. The predicted octanol–water partition coefficient (Wildman–Crippen LogP) is 4.66. The molecule has 196 valence electrons. The van der Waals surface area contributed by atoms with Crippen molar-refractivity contribution in [3.8, 4) is 17.2 Å². The first-order chi connectivity index (χ1) is 18.2. The summed E-state index contributed by atoms with van der Waals surface area (Å²) in [5, 5.41) is 14.0. The van der Waals surface area contributed by atoms with E-state index >= 15 is 0 Å². The molecule has 0 aliphatic carbocycles. The lowest BCUT2D eigenvalue weighted by Crippen LogP contribution is -2.19. The molecule has 1 saturated heterocycles. The Hall–Kier alpha value is -4.36. The van der Waals surface area contributed by atoms with E-state index in [0.717, 1.165) is 36.0 Å². The predicted molar refractivity (Wildman–Crippen MR) is 142 cm³/mol. The molecule has 1 heterocycles. The summed E-state index contributed by atoms with van der Waals surface area (Å²) >= 11 is 1.16.